The predicted octanol–water partition coefficient (Wildman–Crippen LogP) is 12.6. The fourth-order valence-electron chi connectivity index (χ4n) is 7.87. The molecular weight excluding hydrogens is 575 g/mol. The normalized spacial score (nSPS) is 15.3. The van der Waals surface area contributed by atoms with Crippen molar-refractivity contribution in [2.75, 3.05) is 0 Å². The molecule has 0 saturated carbocycles. The molecule has 216 valence electrons. The van der Waals surface area contributed by atoms with Gasteiger partial charge in [-0.1, -0.05) is 151 Å². The van der Waals surface area contributed by atoms with Crippen LogP contribution in [-0.2, 0) is 0 Å². The summed E-state index contributed by atoms with van der Waals surface area (Å²) in [6.45, 7) is 0. The van der Waals surface area contributed by atoms with Gasteiger partial charge in [-0.2, -0.15) is 0 Å². The Morgan fingerprint density at radius 3 is 2.11 bits per heavy atom. The second kappa shape index (κ2) is 10.1. The van der Waals surface area contributed by atoms with Crippen LogP contribution in [-0.4, -0.2) is 4.57 Å². The zero-order valence-electron chi connectivity index (χ0n) is 25.2. The van der Waals surface area contributed by atoms with E-state index in [0.29, 0.717) is 0 Å². The van der Waals surface area contributed by atoms with Crippen LogP contribution in [0, 0.1) is 0 Å². The first-order valence-electron chi connectivity index (χ1n) is 16.0. The lowest BCUT2D eigenvalue weighted by molar-refractivity contribution is 0.648. The first kappa shape index (κ1) is 26.0. The fourth-order valence-corrected chi connectivity index (χ4v) is 9.00. The molecule has 0 radical (unpaired) electrons. The van der Waals surface area contributed by atoms with Crippen LogP contribution in [0.2, 0.25) is 0 Å². The fraction of sp³-hybridized carbons (Fsp3) is 0.0455. The first-order chi connectivity index (χ1) is 22.8. The predicted molar refractivity (Wildman–Crippen MR) is 197 cm³/mol. The summed E-state index contributed by atoms with van der Waals surface area (Å²) in [5.74, 6) is 0. The van der Waals surface area contributed by atoms with Crippen molar-refractivity contribution >= 4 is 55.1 Å². The number of nitrogens with zero attached hydrogens (tertiary/aromatic N) is 1. The van der Waals surface area contributed by atoms with Crippen molar-refractivity contribution in [3.8, 4) is 33.4 Å². The zero-order valence-corrected chi connectivity index (χ0v) is 26.0. The van der Waals surface area contributed by atoms with E-state index in [1.54, 1.807) is 0 Å². The Morgan fingerprint density at radius 1 is 0.500 bits per heavy atom. The van der Waals surface area contributed by atoms with E-state index in [4.69, 9.17) is 0 Å². The van der Waals surface area contributed by atoms with Crippen LogP contribution < -0.4 is 0 Å². The molecule has 1 unspecified atom stereocenters. The summed E-state index contributed by atoms with van der Waals surface area (Å²) in [6, 6.07) is 50.0. The summed E-state index contributed by atoms with van der Waals surface area (Å²) in [5.41, 5.74) is 10.3. The van der Waals surface area contributed by atoms with Gasteiger partial charge in [-0.3, -0.25) is 0 Å². The maximum Gasteiger partial charge on any atom is 0.0576 e. The number of fused-ring (bicyclic) bond motifs is 7. The highest BCUT2D eigenvalue weighted by atomic mass is 32.2. The monoisotopic (exact) mass is 603 g/mol. The SMILES string of the molecule is C1=CCC(n2c3ccc4ccccc4c3c3cccc(-c4ccc(-c5ccc6c7c(cccc57)-c5ccccc5S6)cc4)c32)C=C1. The van der Waals surface area contributed by atoms with Crippen molar-refractivity contribution in [3.05, 3.63) is 158 Å². The highest BCUT2D eigenvalue weighted by Gasteiger charge is 2.23. The van der Waals surface area contributed by atoms with Gasteiger partial charge in [0.1, 0.15) is 0 Å². The Bertz CT molecular complexity index is 2580. The van der Waals surface area contributed by atoms with Gasteiger partial charge in [-0.25, -0.2) is 0 Å². The topological polar surface area (TPSA) is 4.93 Å². The molecule has 0 fully saturated rings. The van der Waals surface area contributed by atoms with E-state index in [2.05, 4.69) is 162 Å². The van der Waals surface area contributed by atoms with Gasteiger partial charge in [0, 0.05) is 31.5 Å². The summed E-state index contributed by atoms with van der Waals surface area (Å²) in [7, 11) is 0. The van der Waals surface area contributed by atoms with Crippen molar-refractivity contribution < 1.29 is 0 Å². The molecule has 2 heteroatoms. The number of allylic oxidation sites excluding steroid dienone is 4. The van der Waals surface area contributed by atoms with E-state index in [-0.39, 0.29) is 6.04 Å². The third-order valence-corrected chi connectivity index (χ3v) is 11.0. The van der Waals surface area contributed by atoms with Crippen LogP contribution in [0.5, 0.6) is 0 Å². The van der Waals surface area contributed by atoms with Crippen LogP contribution in [0.25, 0.3) is 76.7 Å². The van der Waals surface area contributed by atoms with Crippen LogP contribution >= 0.6 is 11.8 Å². The average Bonchev–Trinajstić information content (AvgIpc) is 3.48. The minimum atomic E-state index is 0.271. The van der Waals surface area contributed by atoms with E-state index >= 15 is 0 Å². The molecular formula is C44H29NS. The lowest BCUT2D eigenvalue weighted by atomic mass is 9.91. The quantitative estimate of drug-likeness (QED) is 0.194. The molecule has 1 atom stereocenters. The Balaban J connectivity index is 1.16. The van der Waals surface area contributed by atoms with Crippen molar-refractivity contribution in [1.82, 2.24) is 4.57 Å². The van der Waals surface area contributed by atoms with E-state index in [9.17, 15) is 0 Å². The zero-order chi connectivity index (χ0) is 30.2. The molecule has 8 aromatic rings. The summed E-state index contributed by atoms with van der Waals surface area (Å²) in [4.78, 5) is 2.67. The van der Waals surface area contributed by atoms with Gasteiger partial charge in [0.25, 0.3) is 0 Å². The number of aromatic nitrogens is 1. The standard InChI is InChI=1S/C44H29NS/c1-2-11-31(12-3-1)45-39-26-24-28-10-4-5-13-33(28)42(39)38-18-8-15-34(44(38)45)30-22-20-29(21-23-30)32-25-27-41-43-36(32)16-9-17-37(43)35-14-6-7-19-40(35)46-41/h1-11,13-27,31H,12H2. The van der Waals surface area contributed by atoms with E-state index in [1.165, 1.54) is 86.5 Å². The van der Waals surface area contributed by atoms with E-state index in [1.807, 2.05) is 11.8 Å². The molecule has 1 aromatic heterocycles. The number of hydrogen-bond donors (Lipinski definition) is 0. The molecule has 2 aliphatic rings. The summed E-state index contributed by atoms with van der Waals surface area (Å²) in [5, 5.41) is 7.94. The van der Waals surface area contributed by atoms with Gasteiger partial charge in [-0.05, 0) is 68.6 Å². The Hall–Kier alpha value is -5.31. The number of hydrogen-bond acceptors (Lipinski definition) is 1. The Kier molecular flexibility index (Phi) is 5.70. The van der Waals surface area contributed by atoms with Gasteiger partial charge >= 0.3 is 0 Å². The molecule has 0 spiro atoms. The molecule has 7 aromatic carbocycles. The van der Waals surface area contributed by atoms with Gasteiger partial charge in [0.2, 0.25) is 0 Å². The molecule has 2 heterocycles. The lowest BCUT2D eigenvalue weighted by Gasteiger charge is -2.22. The molecule has 10 rings (SSSR count). The molecule has 0 saturated heterocycles. The second-order valence-electron chi connectivity index (χ2n) is 12.4. The Morgan fingerprint density at radius 2 is 1.24 bits per heavy atom. The molecule has 1 aliphatic heterocycles. The lowest BCUT2D eigenvalue weighted by Crippen LogP contribution is -2.07. The second-order valence-corrected chi connectivity index (χ2v) is 13.5. The third-order valence-electron chi connectivity index (χ3n) is 9.91. The van der Waals surface area contributed by atoms with Gasteiger partial charge in [0.15, 0.2) is 0 Å². The van der Waals surface area contributed by atoms with Gasteiger partial charge in [-0.15, -0.1) is 0 Å². The van der Waals surface area contributed by atoms with Crippen LogP contribution in [0.3, 0.4) is 0 Å². The largest absolute Gasteiger partial charge is 0.333 e. The maximum atomic E-state index is 2.59. The number of benzene rings is 7. The molecule has 0 N–H and O–H groups in total. The molecule has 0 amide bonds. The van der Waals surface area contributed by atoms with E-state index in [0.717, 1.165) is 6.42 Å². The molecule has 1 aliphatic carbocycles. The minimum Gasteiger partial charge on any atom is -0.333 e. The number of para-hydroxylation sites is 1. The minimum absolute atomic E-state index is 0.271. The molecule has 46 heavy (non-hydrogen) atoms. The van der Waals surface area contributed by atoms with Gasteiger partial charge in [0.05, 0.1) is 17.1 Å². The van der Waals surface area contributed by atoms with Crippen molar-refractivity contribution in [2.45, 2.75) is 22.3 Å². The molecule has 0 bridgehead atoms. The Labute approximate surface area is 272 Å². The highest BCUT2D eigenvalue weighted by Crippen LogP contribution is 2.50. The number of rotatable bonds is 3. The van der Waals surface area contributed by atoms with Crippen LogP contribution in [0.4, 0.5) is 0 Å². The van der Waals surface area contributed by atoms with Crippen molar-refractivity contribution in [1.29, 1.82) is 0 Å². The van der Waals surface area contributed by atoms with Crippen LogP contribution in [0.15, 0.2) is 168 Å². The van der Waals surface area contributed by atoms with Crippen molar-refractivity contribution in [3.63, 3.8) is 0 Å². The summed E-state index contributed by atoms with van der Waals surface area (Å²) >= 11 is 1.88. The van der Waals surface area contributed by atoms with Crippen LogP contribution in [0.1, 0.15) is 12.5 Å². The first-order valence-corrected chi connectivity index (χ1v) is 16.9. The maximum absolute atomic E-state index is 2.59. The average molecular weight is 604 g/mol. The van der Waals surface area contributed by atoms with E-state index < -0.39 is 0 Å². The summed E-state index contributed by atoms with van der Waals surface area (Å²) in [6.07, 6.45) is 9.99. The highest BCUT2D eigenvalue weighted by molar-refractivity contribution is 7.99. The van der Waals surface area contributed by atoms with Gasteiger partial charge < -0.3 is 4.57 Å². The summed E-state index contributed by atoms with van der Waals surface area (Å²) < 4.78 is 2.59. The smallest absolute Gasteiger partial charge is 0.0576 e. The third kappa shape index (κ3) is 3.77. The molecule has 1 nitrogen and oxygen atoms in total. The van der Waals surface area contributed by atoms with Crippen molar-refractivity contribution in [2.24, 2.45) is 0 Å².